The average molecular weight is 372 g/mol. The van der Waals surface area contributed by atoms with Gasteiger partial charge in [0.1, 0.15) is 5.82 Å². The molecule has 0 aliphatic heterocycles. The zero-order valence-corrected chi connectivity index (χ0v) is 15.1. The molecule has 0 fully saturated rings. The lowest BCUT2D eigenvalue weighted by molar-refractivity contribution is -0.153. The van der Waals surface area contributed by atoms with Gasteiger partial charge in [-0.1, -0.05) is 30.3 Å². The number of hydrogen-bond acceptors (Lipinski definition) is 4. The maximum absolute atomic E-state index is 12.8. The van der Waals surface area contributed by atoms with Crippen LogP contribution in [0.2, 0.25) is 0 Å². The molecule has 0 spiro atoms. The molecule has 0 saturated carbocycles. The number of ether oxygens (including phenoxy) is 1. The molecule has 7 heteroatoms. The van der Waals surface area contributed by atoms with Crippen molar-refractivity contribution in [2.24, 2.45) is 0 Å². The third-order valence-electron chi connectivity index (χ3n) is 3.91. The maximum atomic E-state index is 12.8. The Balaban J connectivity index is 1.76. The molecule has 0 saturated heterocycles. The van der Waals surface area contributed by atoms with Crippen LogP contribution in [0.4, 0.5) is 10.1 Å². The Kier molecular flexibility index (Phi) is 6.65. The number of carbonyl (C=O) groups excluding carboxylic acids is 3. The van der Waals surface area contributed by atoms with Gasteiger partial charge in [0.15, 0.2) is 6.61 Å². The Morgan fingerprint density at radius 3 is 2.22 bits per heavy atom. The van der Waals surface area contributed by atoms with Crippen molar-refractivity contribution in [3.8, 4) is 0 Å². The Morgan fingerprint density at radius 1 is 0.963 bits per heavy atom. The summed E-state index contributed by atoms with van der Waals surface area (Å²) in [4.78, 5) is 35.8. The quantitative estimate of drug-likeness (QED) is 0.731. The highest BCUT2D eigenvalue weighted by Gasteiger charge is 2.31. The van der Waals surface area contributed by atoms with Crippen molar-refractivity contribution in [3.05, 3.63) is 66.0 Å². The molecule has 0 aliphatic carbocycles. The van der Waals surface area contributed by atoms with Gasteiger partial charge in [-0.3, -0.25) is 14.4 Å². The lowest BCUT2D eigenvalue weighted by Gasteiger charge is -2.22. The van der Waals surface area contributed by atoms with E-state index in [0.29, 0.717) is 5.69 Å². The van der Waals surface area contributed by atoms with Crippen LogP contribution in [-0.2, 0) is 24.5 Å². The van der Waals surface area contributed by atoms with Crippen LogP contribution < -0.4 is 10.6 Å². The smallest absolute Gasteiger partial charge is 0.316 e. The Hall–Kier alpha value is -3.22. The second-order valence-corrected chi connectivity index (χ2v) is 6.40. The van der Waals surface area contributed by atoms with Crippen molar-refractivity contribution in [1.82, 2.24) is 5.32 Å². The predicted molar refractivity (Wildman–Crippen MR) is 98.5 cm³/mol. The first-order valence-corrected chi connectivity index (χ1v) is 8.34. The van der Waals surface area contributed by atoms with Crippen LogP contribution in [-0.4, -0.2) is 30.9 Å². The van der Waals surface area contributed by atoms with Gasteiger partial charge in [-0.05, 0) is 43.7 Å². The molecular weight excluding hydrogens is 351 g/mol. The third kappa shape index (κ3) is 5.91. The van der Waals surface area contributed by atoms with E-state index in [2.05, 4.69) is 10.6 Å². The molecule has 0 heterocycles. The SMILES string of the molecule is CC(C)(C(=O)OCC(=O)NCC(=O)Nc1ccc(F)cc1)c1ccccc1. The number of hydrogen-bond donors (Lipinski definition) is 2. The van der Waals surface area contributed by atoms with Gasteiger partial charge in [-0.2, -0.15) is 0 Å². The van der Waals surface area contributed by atoms with Gasteiger partial charge in [0.25, 0.3) is 5.91 Å². The highest BCUT2D eigenvalue weighted by molar-refractivity contribution is 5.95. The van der Waals surface area contributed by atoms with Crippen LogP contribution in [0.1, 0.15) is 19.4 Å². The minimum absolute atomic E-state index is 0.296. The number of nitrogens with one attached hydrogen (secondary N) is 2. The highest BCUT2D eigenvalue weighted by atomic mass is 19.1. The summed E-state index contributed by atoms with van der Waals surface area (Å²) in [6.45, 7) is 2.63. The standard InChI is InChI=1S/C20H21FN2O4/c1-20(2,14-6-4-3-5-7-14)19(26)27-13-18(25)22-12-17(24)23-16-10-8-15(21)9-11-16/h3-11H,12-13H2,1-2H3,(H,22,25)(H,23,24). The molecule has 6 nitrogen and oxygen atoms in total. The molecule has 0 unspecified atom stereocenters. The van der Waals surface area contributed by atoms with Crippen molar-refractivity contribution in [2.75, 3.05) is 18.5 Å². The first-order valence-electron chi connectivity index (χ1n) is 8.34. The Bertz CT molecular complexity index is 804. The van der Waals surface area contributed by atoms with Crippen LogP contribution in [0.5, 0.6) is 0 Å². The molecular formula is C20H21FN2O4. The van der Waals surface area contributed by atoms with Crippen molar-refractivity contribution < 1.29 is 23.5 Å². The molecule has 27 heavy (non-hydrogen) atoms. The Morgan fingerprint density at radius 2 is 1.59 bits per heavy atom. The van der Waals surface area contributed by atoms with Crippen LogP contribution in [0.3, 0.4) is 0 Å². The normalized spacial score (nSPS) is 10.8. The van der Waals surface area contributed by atoms with Gasteiger partial charge in [0, 0.05) is 5.69 Å². The lowest BCUT2D eigenvalue weighted by Crippen LogP contribution is -2.38. The summed E-state index contributed by atoms with van der Waals surface area (Å²) in [7, 11) is 0. The predicted octanol–water partition coefficient (Wildman–Crippen LogP) is 2.40. The van der Waals surface area contributed by atoms with Crippen molar-refractivity contribution >= 4 is 23.5 Å². The second-order valence-electron chi connectivity index (χ2n) is 6.40. The molecule has 0 bridgehead atoms. The van der Waals surface area contributed by atoms with Crippen LogP contribution >= 0.6 is 0 Å². The minimum atomic E-state index is -0.901. The largest absolute Gasteiger partial charge is 0.455 e. The molecule has 2 rings (SSSR count). The summed E-state index contributed by atoms with van der Waals surface area (Å²) in [5.41, 5.74) is 0.280. The van der Waals surface area contributed by atoms with E-state index in [4.69, 9.17) is 4.74 Å². The molecule has 0 atom stereocenters. The summed E-state index contributed by atoms with van der Waals surface area (Å²) in [5.74, 6) is -2.03. The average Bonchev–Trinajstić information content (AvgIpc) is 2.67. The van der Waals surface area contributed by atoms with Crippen molar-refractivity contribution in [3.63, 3.8) is 0 Å². The number of esters is 1. The maximum Gasteiger partial charge on any atom is 0.316 e. The van der Waals surface area contributed by atoms with Crippen LogP contribution in [0.25, 0.3) is 0 Å². The monoisotopic (exact) mass is 372 g/mol. The zero-order valence-electron chi connectivity index (χ0n) is 15.1. The summed E-state index contributed by atoms with van der Waals surface area (Å²) in [6, 6.07) is 14.3. The second kappa shape index (κ2) is 8.93. The third-order valence-corrected chi connectivity index (χ3v) is 3.91. The van der Waals surface area contributed by atoms with Gasteiger partial charge >= 0.3 is 5.97 Å². The number of amides is 2. The fourth-order valence-corrected chi connectivity index (χ4v) is 2.25. The van der Waals surface area contributed by atoms with Gasteiger partial charge in [-0.25, -0.2) is 4.39 Å². The number of benzene rings is 2. The van der Waals surface area contributed by atoms with Crippen LogP contribution in [0, 0.1) is 5.82 Å². The summed E-state index contributed by atoms with van der Waals surface area (Å²) in [5, 5.41) is 4.87. The van der Waals surface area contributed by atoms with Gasteiger partial charge in [0.05, 0.1) is 12.0 Å². The fraction of sp³-hybridized carbons (Fsp3) is 0.250. The number of carbonyl (C=O) groups is 3. The fourth-order valence-electron chi connectivity index (χ4n) is 2.25. The van der Waals surface area contributed by atoms with E-state index >= 15 is 0 Å². The summed E-state index contributed by atoms with van der Waals surface area (Å²) in [6.07, 6.45) is 0. The van der Waals surface area contributed by atoms with Crippen molar-refractivity contribution in [2.45, 2.75) is 19.3 Å². The molecule has 2 aromatic carbocycles. The van der Waals surface area contributed by atoms with Gasteiger partial charge < -0.3 is 15.4 Å². The van der Waals surface area contributed by atoms with E-state index < -0.39 is 35.6 Å². The lowest BCUT2D eigenvalue weighted by atomic mass is 9.85. The van der Waals surface area contributed by atoms with E-state index in [-0.39, 0.29) is 6.54 Å². The minimum Gasteiger partial charge on any atom is -0.455 e. The summed E-state index contributed by atoms with van der Waals surface area (Å²) < 4.78 is 17.9. The highest BCUT2D eigenvalue weighted by Crippen LogP contribution is 2.24. The first-order chi connectivity index (χ1) is 12.8. The first kappa shape index (κ1) is 20.1. The molecule has 142 valence electrons. The topological polar surface area (TPSA) is 84.5 Å². The molecule has 2 N–H and O–H groups in total. The number of halogens is 1. The van der Waals surface area contributed by atoms with Gasteiger partial charge in [0.2, 0.25) is 5.91 Å². The van der Waals surface area contributed by atoms with Crippen LogP contribution in [0.15, 0.2) is 54.6 Å². The van der Waals surface area contributed by atoms with E-state index in [1.807, 2.05) is 18.2 Å². The van der Waals surface area contributed by atoms with E-state index in [1.165, 1.54) is 24.3 Å². The van der Waals surface area contributed by atoms with Crippen molar-refractivity contribution in [1.29, 1.82) is 0 Å². The summed E-state index contributed by atoms with van der Waals surface area (Å²) >= 11 is 0. The molecule has 2 amide bonds. The van der Waals surface area contributed by atoms with E-state index in [9.17, 15) is 18.8 Å². The molecule has 0 aromatic heterocycles. The molecule has 0 radical (unpaired) electrons. The van der Waals surface area contributed by atoms with Gasteiger partial charge in [-0.15, -0.1) is 0 Å². The van der Waals surface area contributed by atoms with E-state index in [1.54, 1.807) is 26.0 Å². The number of rotatable bonds is 7. The Labute approximate surface area is 156 Å². The molecule has 2 aromatic rings. The zero-order chi connectivity index (χ0) is 19.9. The molecule has 0 aliphatic rings. The van der Waals surface area contributed by atoms with E-state index in [0.717, 1.165) is 5.56 Å². The number of anilines is 1.